The lowest BCUT2D eigenvalue weighted by Crippen LogP contribution is -2.62. The van der Waals surface area contributed by atoms with Crippen LogP contribution >= 0.6 is 46.4 Å². The highest BCUT2D eigenvalue weighted by molar-refractivity contribution is 6.32. The molecule has 0 aromatic heterocycles. The van der Waals surface area contributed by atoms with E-state index in [4.69, 9.17) is 79.6 Å². The van der Waals surface area contributed by atoms with Gasteiger partial charge in [-0.05, 0) is 128 Å². The van der Waals surface area contributed by atoms with E-state index in [9.17, 15) is 28.8 Å². The van der Waals surface area contributed by atoms with Crippen LogP contribution in [-0.4, -0.2) is 201 Å². The Labute approximate surface area is 876 Å². The minimum Gasteiger partial charge on any atom is -0.449 e. The Morgan fingerprint density at radius 2 is 0.736 bits per heavy atom. The topological polar surface area (TPSA) is 501 Å². The lowest BCUT2D eigenvalue weighted by Gasteiger charge is -2.30. The van der Waals surface area contributed by atoms with Gasteiger partial charge in [0.1, 0.15) is 93.5 Å². The van der Waals surface area contributed by atoms with Gasteiger partial charge in [0.15, 0.2) is 0 Å². The molecule has 2 aliphatic rings. The molecule has 1 fully saturated rings. The van der Waals surface area contributed by atoms with Crippen molar-refractivity contribution in [1.82, 2.24) is 79.8 Å². The van der Waals surface area contributed by atoms with E-state index in [0.29, 0.717) is 44.0 Å². The molecule has 0 saturated carbocycles. The highest BCUT2D eigenvalue weighted by Crippen LogP contribution is 2.45. The van der Waals surface area contributed by atoms with Crippen LogP contribution in [0.3, 0.4) is 0 Å². The standard InChI is InChI=1S/C107H121Cl4N15O22/c1-64(2)55-89-99(133)121-85(46-51-113-103(137)144-59-71-33-15-23-41-80(71)108)95(129)120-88(49-54-116-106(140)147-62-74-36-18-26-44-83(74)111)98(132)126-91(66(4)142-57-69-29-11-7-12-30-69)101(135)112-50-45-84(94(128)119-86(47-52-114-104(138)145-60-72-34-16-24-42-81(72)109)97(131)124-90(100(134)123-89)56-68-27-9-6-10-28-68)118-96(130)87(48-53-115-105(139)146-61-73-35-17-25-43-82(73)110)122-102(136)92(67(5)143-58-70-31-13-8-14-32-70)125-93(127)65(3)117-107(141)148-63-79-77-39-21-19-37-75(77)76-38-20-22-40-78(76)79/h6-44,64-67,79,84-92H,45-63H2,1-5H3,(H,112,135)(H,113,137)(H,114,138)(H,115,139)(H,116,140)(H,117,141)(H,118,130)(H,119,128)(H,120,129)(H,121,133)(H,122,136)(H,123,134)(H,124,131)(H,125,127)(H,126,132)/t65-,66+,67+,84-,85-,86-,87-,88-,89-,90+,91-,92-/m0/s1. The maximum atomic E-state index is 16.0. The van der Waals surface area contributed by atoms with Crippen LogP contribution in [0.1, 0.15) is 129 Å². The first-order valence-electron chi connectivity index (χ1n) is 48.3. The van der Waals surface area contributed by atoms with E-state index in [1.807, 2.05) is 48.5 Å². The van der Waals surface area contributed by atoms with Crippen LogP contribution < -0.4 is 79.8 Å². The Hall–Kier alpha value is -14.9. The van der Waals surface area contributed by atoms with Gasteiger partial charge in [0.25, 0.3) is 0 Å². The molecule has 1 aliphatic heterocycles. The number of ether oxygens (including phenoxy) is 7. The molecule has 9 aromatic rings. The number of nitrogens with one attached hydrogen (secondary N) is 15. The number of amides is 15. The fourth-order valence-electron chi connectivity index (χ4n) is 16.0. The number of alkyl carbamates (subject to hydrolysis) is 5. The van der Waals surface area contributed by atoms with Gasteiger partial charge in [0, 0.05) is 87.4 Å². The predicted octanol–water partition coefficient (Wildman–Crippen LogP) is 11.2. The van der Waals surface area contributed by atoms with Gasteiger partial charge in [0.05, 0.1) is 25.4 Å². The molecule has 9 aromatic carbocycles. The lowest BCUT2D eigenvalue weighted by atomic mass is 9.98. The summed E-state index contributed by atoms with van der Waals surface area (Å²) >= 11 is 25.6. The second-order valence-corrected chi connectivity index (χ2v) is 37.2. The molecule has 1 heterocycles. The summed E-state index contributed by atoms with van der Waals surface area (Å²) in [6.45, 7) is 3.48. The first-order valence-corrected chi connectivity index (χ1v) is 49.9. The molecule has 0 spiro atoms. The molecule has 1 saturated heterocycles. The number of fused-ring (bicyclic) bond motifs is 3. The van der Waals surface area contributed by atoms with Gasteiger partial charge in [-0.2, -0.15) is 0 Å². The Morgan fingerprint density at radius 1 is 0.358 bits per heavy atom. The SMILES string of the molecule is CC(C)C[C@@H]1NC(=O)[C@@H](Cc2ccccc2)NC(=O)[C@H](CCNC(=O)OCc2ccccc2Cl)NC(=O)[C@@H](NC(=O)[C@H](CCNC(=O)OCc2ccccc2Cl)NC(=O)[C@@H](NC(=O)[C@H](C)NC(=O)OCC2c3ccccc3-c3ccccc32)[C@@H](C)OCc2ccccc2)CCNC(=O)[C@H]([C@@H](C)OCc2ccccc2)NC(=O)[C@H](CCNC(=O)OCc2ccccc2Cl)NC(=O)[C@H](CCNC(=O)OCc2ccccc2Cl)NC1=O. The normalized spacial score (nSPS) is 17.8. The maximum absolute atomic E-state index is 16.0. The van der Waals surface area contributed by atoms with Gasteiger partial charge < -0.3 is 113 Å². The van der Waals surface area contributed by atoms with Crippen molar-refractivity contribution >= 4 is 136 Å². The van der Waals surface area contributed by atoms with E-state index >= 15 is 43.2 Å². The van der Waals surface area contributed by atoms with Crippen LogP contribution in [0, 0.1) is 5.92 Å². The van der Waals surface area contributed by atoms with E-state index in [-0.39, 0.29) is 80.1 Å². The van der Waals surface area contributed by atoms with Gasteiger partial charge >= 0.3 is 30.5 Å². The van der Waals surface area contributed by atoms with E-state index in [0.717, 1.165) is 22.3 Å². The number of carbonyl (C=O) groups excluding carboxylic acids is 15. The zero-order valence-corrected chi connectivity index (χ0v) is 85.1. The molecule has 15 amide bonds. The smallest absolute Gasteiger partial charge is 0.407 e. The molecule has 0 bridgehead atoms. The number of benzene rings is 9. The predicted molar refractivity (Wildman–Crippen MR) is 551 cm³/mol. The third-order valence-corrected chi connectivity index (χ3v) is 25.6. The molecule has 12 atom stereocenters. The van der Waals surface area contributed by atoms with Gasteiger partial charge in [-0.25, -0.2) is 24.0 Å². The molecular weight excluding hydrogens is 1990 g/mol. The first-order chi connectivity index (χ1) is 71.3. The van der Waals surface area contributed by atoms with Crippen LogP contribution in [0.25, 0.3) is 11.1 Å². The molecule has 1 aliphatic carbocycles. The second-order valence-electron chi connectivity index (χ2n) is 35.5. The Kier molecular flexibility index (Phi) is 44.8. The number of carbonyl (C=O) groups is 15. The highest BCUT2D eigenvalue weighted by Gasteiger charge is 2.40. The van der Waals surface area contributed by atoms with Crippen molar-refractivity contribution in [3.05, 3.63) is 307 Å². The van der Waals surface area contributed by atoms with Gasteiger partial charge in [0.2, 0.25) is 59.1 Å². The first kappa shape index (κ1) is 113. The fraction of sp³-hybridized carbons (Fsp3) is 0.355. The van der Waals surface area contributed by atoms with Crippen LogP contribution in [0.4, 0.5) is 24.0 Å². The van der Waals surface area contributed by atoms with E-state index in [2.05, 4.69) is 79.8 Å². The average Bonchev–Trinajstić information content (AvgIpc) is 1.61. The van der Waals surface area contributed by atoms with Crippen molar-refractivity contribution < 1.29 is 105 Å². The van der Waals surface area contributed by atoms with Crippen LogP contribution in [0.15, 0.2) is 237 Å². The Balaban J connectivity index is 0.961. The van der Waals surface area contributed by atoms with E-state index < -0.39 is 233 Å². The van der Waals surface area contributed by atoms with Gasteiger partial charge in [-0.15, -0.1) is 0 Å². The third-order valence-electron chi connectivity index (χ3n) is 24.1. The summed E-state index contributed by atoms with van der Waals surface area (Å²) in [5, 5.41) is 40.9. The summed E-state index contributed by atoms with van der Waals surface area (Å²) in [6, 6.07) is 49.7. The molecule has 148 heavy (non-hydrogen) atoms. The minimum atomic E-state index is -1.98. The lowest BCUT2D eigenvalue weighted by molar-refractivity contribution is -0.137. The highest BCUT2D eigenvalue weighted by atomic mass is 35.5. The fourth-order valence-corrected chi connectivity index (χ4v) is 16.7. The van der Waals surface area contributed by atoms with E-state index in [1.165, 1.54) is 20.8 Å². The molecule has 41 heteroatoms. The van der Waals surface area contributed by atoms with Crippen molar-refractivity contribution in [3.8, 4) is 11.1 Å². The number of hydrogen-bond acceptors (Lipinski definition) is 22. The minimum absolute atomic E-state index is 0.127. The summed E-state index contributed by atoms with van der Waals surface area (Å²) in [4.78, 5) is 224. The maximum Gasteiger partial charge on any atom is 0.407 e. The molecule has 0 unspecified atom stereocenters. The summed E-state index contributed by atoms with van der Waals surface area (Å²) < 4.78 is 40.4. The second kappa shape index (κ2) is 58.5. The average molecular weight is 2110 g/mol. The zero-order valence-electron chi connectivity index (χ0n) is 82.0. The molecule has 37 nitrogen and oxygen atoms in total. The van der Waals surface area contributed by atoms with Crippen LogP contribution in [0.2, 0.25) is 20.1 Å². The van der Waals surface area contributed by atoms with Crippen molar-refractivity contribution in [2.24, 2.45) is 5.92 Å². The number of hydrogen-bond donors (Lipinski definition) is 15. The van der Waals surface area contributed by atoms with E-state index in [1.54, 1.807) is 202 Å². The number of halogens is 4. The van der Waals surface area contributed by atoms with Gasteiger partial charge in [-0.3, -0.25) is 47.9 Å². The summed E-state index contributed by atoms with van der Waals surface area (Å²) in [7, 11) is 0. The number of rotatable bonds is 41. The molecule has 15 N–H and O–H groups in total. The van der Waals surface area contributed by atoms with Crippen LogP contribution in [0.5, 0.6) is 0 Å². The monoisotopic (exact) mass is 2110 g/mol. The quantitative estimate of drug-likeness (QED) is 0.0158. The summed E-state index contributed by atoms with van der Waals surface area (Å²) in [6.07, 6.45) is -10.9. The molecule has 0 radical (unpaired) electrons. The Morgan fingerprint density at radius 3 is 1.19 bits per heavy atom. The summed E-state index contributed by atoms with van der Waals surface area (Å²) in [5.74, 6) is -11.7. The van der Waals surface area contributed by atoms with Gasteiger partial charge in [-0.1, -0.05) is 273 Å². The molecule has 784 valence electrons. The summed E-state index contributed by atoms with van der Waals surface area (Å²) in [5.41, 5.74) is 7.19. The molecular formula is C107H121Cl4N15O22. The zero-order chi connectivity index (χ0) is 106. The largest absolute Gasteiger partial charge is 0.449 e. The molecule has 11 rings (SSSR count). The van der Waals surface area contributed by atoms with Crippen LogP contribution in [-0.2, 0) is 127 Å². The van der Waals surface area contributed by atoms with Crippen molar-refractivity contribution in [3.63, 3.8) is 0 Å². The third kappa shape index (κ3) is 36.1. The Bertz CT molecular complexity index is 6000. The van der Waals surface area contributed by atoms with Crippen molar-refractivity contribution in [1.29, 1.82) is 0 Å². The van der Waals surface area contributed by atoms with Crippen molar-refractivity contribution in [2.75, 3.05) is 39.3 Å². The van der Waals surface area contributed by atoms with Crippen molar-refractivity contribution in [2.45, 2.75) is 198 Å².